The fourth-order valence-electron chi connectivity index (χ4n) is 2.24. The third kappa shape index (κ3) is 4.57. The van der Waals surface area contributed by atoms with Crippen molar-refractivity contribution in [1.29, 1.82) is 0 Å². The van der Waals surface area contributed by atoms with Gasteiger partial charge in [0, 0.05) is 11.6 Å². The maximum Gasteiger partial charge on any atom is 1.00 e. The molecule has 0 amide bonds. The van der Waals surface area contributed by atoms with Gasteiger partial charge in [-0.25, -0.2) is 8.42 Å². The molecule has 3 rings (SSSR count). The van der Waals surface area contributed by atoms with Gasteiger partial charge in [0.15, 0.2) is 5.75 Å². The van der Waals surface area contributed by atoms with E-state index in [-0.39, 0.29) is 28.5 Å². The van der Waals surface area contributed by atoms with Crippen LogP contribution in [0.15, 0.2) is 70.9 Å². The Hall–Kier alpha value is -2.41. The average Bonchev–Trinajstić information content (AvgIpc) is 2.54. The van der Waals surface area contributed by atoms with Crippen LogP contribution in [0.3, 0.4) is 0 Å². The van der Waals surface area contributed by atoms with E-state index in [0.717, 1.165) is 11.6 Å². The molecule has 0 fully saturated rings. The molecular weight excluding hydrogens is 390 g/mol. The van der Waals surface area contributed by atoms with E-state index in [0.29, 0.717) is 16.8 Å². The van der Waals surface area contributed by atoms with Gasteiger partial charge in [-0.05, 0) is 17.5 Å². The number of nitrogens with zero attached hydrogens (tertiary/aromatic N) is 3. The van der Waals surface area contributed by atoms with E-state index in [9.17, 15) is 13.5 Å². The van der Waals surface area contributed by atoms with Crippen molar-refractivity contribution in [3.63, 3.8) is 0 Å². The Morgan fingerprint density at radius 2 is 1.52 bits per heavy atom. The molecule has 0 aliphatic carbocycles. The van der Waals surface area contributed by atoms with Gasteiger partial charge in [-0.15, -0.1) is 10.8 Å². The monoisotopic (exact) mass is 403 g/mol. The minimum absolute atomic E-state index is 0. The quantitative estimate of drug-likeness (QED) is 0.494. The minimum atomic E-state index is -3.55. The van der Waals surface area contributed by atoms with Crippen molar-refractivity contribution in [2.45, 2.75) is 0 Å². The zero-order valence-corrected chi connectivity index (χ0v) is 14.8. The van der Waals surface area contributed by atoms with E-state index >= 15 is 0 Å². The normalized spacial score (nSPS) is 11.4. The maximum atomic E-state index is 11.3. The first-order valence-corrected chi connectivity index (χ1v) is 8.93. The Morgan fingerprint density at radius 3 is 2.28 bits per heavy atom. The van der Waals surface area contributed by atoms with E-state index in [1.54, 1.807) is 30.3 Å². The van der Waals surface area contributed by atoms with E-state index in [4.69, 9.17) is 0 Å². The van der Waals surface area contributed by atoms with Crippen LogP contribution in [0.25, 0.3) is 15.5 Å². The Morgan fingerprint density at radius 1 is 0.880 bits per heavy atom. The predicted octanol–water partition coefficient (Wildman–Crippen LogP) is 4.92. The summed E-state index contributed by atoms with van der Waals surface area (Å²) in [5.41, 5.74) is 0.794. The number of sulfonamides is 1. The summed E-state index contributed by atoms with van der Waals surface area (Å²) in [6.07, 6.45) is 1.01. The Balaban J connectivity index is 0.00000225. The van der Waals surface area contributed by atoms with Gasteiger partial charge in [-0.1, -0.05) is 48.5 Å². The first-order valence-electron chi connectivity index (χ1n) is 7.08. The molecule has 6 nitrogen and oxygen atoms in total. The fourth-order valence-corrected chi connectivity index (χ4v) is 2.75. The van der Waals surface area contributed by atoms with Gasteiger partial charge in [0.05, 0.1) is 15.7 Å². The SMILES string of the molecule is CS(=O)(=O)[N-]c1ccccc1N=Nc1ccc2ccccc2c1O.[Cu+]. The van der Waals surface area contributed by atoms with Crippen molar-refractivity contribution in [2.24, 2.45) is 10.2 Å². The molecule has 132 valence electrons. The molecule has 0 bridgehead atoms. The number of phenolic OH excluding ortho intramolecular Hbond substituents is 1. The standard InChI is InChI=1S/C17H14N3O3S.Cu/c1-24(22,23)20-15-9-5-4-8-14(15)18-19-16-11-10-12-6-2-3-7-13(12)17(16)21;/h2-11H,1H3,(H-,18,19,20,21);/q-1;+1. The number of azo groups is 1. The van der Waals surface area contributed by atoms with E-state index in [2.05, 4.69) is 15.0 Å². The topological polar surface area (TPSA) is 93.2 Å². The molecule has 8 heteroatoms. The van der Waals surface area contributed by atoms with Gasteiger partial charge in [0.1, 0.15) is 5.69 Å². The van der Waals surface area contributed by atoms with E-state index in [1.165, 1.54) is 6.07 Å². The summed E-state index contributed by atoms with van der Waals surface area (Å²) in [5, 5.41) is 19.9. The molecule has 0 radical (unpaired) electrons. The van der Waals surface area contributed by atoms with Gasteiger partial charge in [-0.3, -0.25) is 0 Å². The summed E-state index contributed by atoms with van der Waals surface area (Å²) in [5.74, 6) is 0.0226. The molecule has 0 aliphatic rings. The Labute approximate surface area is 156 Å². The van der Waals surface area contributed by atoms with Crippen LogP contribution >= 0.6 is 0 Å². The van der Waals surface area contributed by atoms with Gasteiger partial charge >= 0.3 is 17.1 Å². The average molecular weight is 404 g/mol. The van der Waals surface area contributed by atoms with Gasteiger partial charge in [-0.2, -0.15) is 5.11 Å². The van der Waals surface area contributed by atoms with Gasteiger partial charge < -0.3 is 9.83 Å². The molecule has 0 aliphatic heterocycles. The third-order valence-corrected chi connectivity index (χ3v) is 3.82. The van der Waals surface area contributed by atoms with Crippen molar-refractivity contribution in [2.75, 3.05) is 6.26 Å². The Kier molecular flexibility index (Phi) is 5.79. The van der Waals surface area contributed by atoms with Crippen molar-refractivity contribution in [3.05, 3.63) is 65.4 Å². The number of hydrogen-bond acceptors (Lipinski definition) is 5. The molecule has 3 aromatic carbocycles. The second kappa shape index (κ2) is 7.65. The van der Waals surface area contributed by atoms with Crippen LogP contribution in [0.5, 0.6) is 5.75 Å². The molecule has 1 N–H and O–H groups in total. The molecule has 0 unspecified atom stereocenters. The molecule has 0 saturated carbocycles. The summed E-state index contributed by atoms with van der Waals surface area (Å²) >= 11 is 0. The molecule has 3 aromatic rings. The molecule has 0 heterocycles. The van der Waals surface area contributed by atoms with Gasteiger partial charge in [0.25, 0.3) is 0 Å². The summed E-state index contributed by atoms with van der Waals surface area (Å²) in [6.45, 7) is 0. The minimum Gasteiger partial charge on any atom is -0.575 e. The molecule has 0 aromatic heterocycles. The first kappa shape index (κ1) is 18.9. The Bertz CT molecular complexity index is 1040. The molecule has 0 spiro atoms. The van der Waals surface area contributed by atoms with Crippen molar-refractivity contribution in [3.8, 4) is 5.75 Å². The number of hydrogen-bond donors (Lipinski definition) is 1. The van der Waals surface area contributed by atoms with Crippen molar-refractivity contribution in [1.82, 2.24) is 0 Å². The number of aromatic hydroxyl groups is 1. The van der Waals surface area contributed by atoms with E-state index in [1.807, 2.05) is 24.3 Å². The van der Waals surface area contributed by atoms with Crippen LogP contribution in [0.4, 0.5) is 17.1 Å². The third-order valence-electron chi connectivity index (χ3n) is 3.29. The van der Waals surface area contributed by atoms with Crippen LogP contribution in [-0.4, -0.2) is 19.8 Å². The number of rotatable bonds is 4. The van der Waals surface area contributed by atoms with Crippen molar-refractivity contribution < 1.29 is 30.6 Å². The fraction of sp³-hybridized carbons (Fsp3) is 0.0588. The van der Waals surface area contributed by atoms with Crippen molar-refractivity contribution >= 4 is 37.9 Å². The summed E-state index contributed by atoms with van der Waals surface area (Å²) < 4.78 is 26.3. The predicted molar refractivity (Wildman–Crippen MR) is 94.1 cm³/mol. The van der Waals surface area contributed by atoms with Crippen LogP contribution < -0.4 is 0 Å². The summed E-state index contributed by atoms with van der Waals surface area (Å²) in [6, 6.07) is 17.4. The smallest absolute Gasteiger partial charge is 0.575 e. The molecule has 0 saturated heterocycles. The van der Waals surface area contributed by atoms with Crippen LogP contribution in [0, 0.1) is 0 Å². The van der Waals surface area contributed by atoms with Crippen LogP contribution in [0.1, 0.15) is 0 Å². The molecule has 25 heavy (non-hydrogen) atoms. The summed E-state index contributed by atoms with van der Waals surface area (Å²) in [4.78, 5) is 0. The van der Waals surface area contributed by atoms with E-state index < -0.39 is 10.0 Å². The molecular formula is C17H14CuN3O3S. The second-order valence-corrected chi connectivity index (χ2v) is 6.82. The van der Waals surface area contributed by atoms with Crippen LogP contribution in [0.2, 0.25) is 0 Å². The zero-order valence-electron chi connectivity index (χ0n) is 13.1. The van der Waals surface area contributed by atoms with Gasteiger partial charge in [0.2, 0.25) is 0 Å². The number of phenols is 1. The first-order chi connectivity index (χ1) is 11.4. The maximum absolute atomic E-state index is 11.3. The van der Waals surface area contributed by atoms with Crippen LogP contribution in [-0.2, 0) is 27.1 Å². The molecule has 0 atom stereocenters. The number of fused-ring (bicyclic) bond motifs is 1. The largest absolute Gasteiger partial charge is 1.00 e. The second-order valence-electron chi connectivity index (χ2n) is 5.17. The zero-order chi connectivity index (χ0) is 17.2. The number of benzene rings is 3. The summed E-state index contributed by atoms with van der Waals surface area (Å²) in [7, 11) is -3.55.